The lowest BCUT2D eigenvalue weighted by Crippen LogP contribution is -2.49. The molecule has 0 aliphatic carbocycles. The van der Waals surface area contributed by atoms with Crippen molar-refractivity contribution in [1.29, 1.82) is 0 Å². The van der Waals surface area contributed by atoms with Gasteiger partial charge in [-0.25, -0.2) is 4.39 Å². The van der Waals surface area contributed by atoms with Gasteiger partial charge >= 0.3 is 5.97 Å². The number of anilines is 1. The van der Waals surface area contributed by atoms with Crippen LogP contribution in [0.2, 0.25) is 0 Å². The van der Waals surface area contributed by atoms with E-state index < -0.39 is 12.0 Å². The Morgan fingerprint density at radius 1 is 1.00 bits per heavy atom. The first-order valence-corrected chi connectivity index (χ1v) is 11.3. The maximum Gasteiger partial charge on any atom is 0.325 e. The Kier molecular flexibility index (Phi) is 6.18. The van der Waals surface area contributed by atoms with Crippen molar-refractivity contribution in [3.05, 3.63) is 95.9 Å². The molecule has 1 atom stereocenters. The summed E-state index contributed by atoms with van der Waals surface area (Å²) < 4.78 is 19.2. The minimum Gasteiger partial charge on any atom is -0.489 e. The standard InChI is InChI=1S/C27H26FN3O3/c28-20-6-8-21(9-7-20)30-12-14-31(15-13-30)26(27(32)33)24-17-29-25-11-10-22(16-23(24)25)34-18-19-4-2-1-3-5-19/h1-11,16-17,26,29H,12-15,18H2,(H,32,33)/t26-/m1/s1. The summed E-state index contributed by atoms with van der Waals surface area (Å²) in [5, 5.41) is 11.0. The normalized spacial score (nSPS) is 15.4. The number of hydrogen-bond acceptors (Lipinski definition) is 4. The molecule has 1 aliphatic rings. The van der Waals surface area contributed by atoms with E-state index in [4.69, 9.17) is 4.74 Å². The van der Waals surface area contributed by atoms with E-state index >= 15 is 0 Å². The van der Waals surface area contributed by atoms with Gasteiger partial charge in [-0.15, -0.1) is 0 Å². The summed E-state index contributed by atoms with van der Waals surface area (Å²) in [5.74, 6) is -0.450. The summed E-state index contributed by atoms with van der Waals surface area (Å²) >= 11 is 0. The van der Waals surface area contributed by atoms with Crippen LogP contribution >= 0.6 is 0 Å². The van der Waals surface area contributed by atoms with E-state index in [-0.39, 0.29) is 5.82 Å². The molecule has 6 nitrogen and oxygen atoms in total. The molecule has 1 fully saturated rings. The molecule has 0 bridgehead atoms. The Labute approximate surface area is 197 Å². The molecular formula is C27H26FN3O3. The number of ether oxygens (including phenoxy) is 1. The van der Waals surface area contributed by atoms with E-state index in [0.717, 1.165) is 27.7 Å². The van der Waals surface area contributed by atoms with Crippen LogP contribution in [0.25, 0.3) is 10.9 Å². The van der Waals surface area contributed by atoms with Gasteiger partial charge in [-0.05, 0) is 48.0 Å². The first-order chi connectivity index (χ1) is 16.6. The molecule has 1 saturated heterocycles. The molecule has 2 N–H and O–H groups in total. The molecular weight excluding hydrogens is 433 g/mol. The Hall–Kier alpha value is -3.84. The van der Waals surface area contributed by atoms with Gasteiger partial charge in [0, 0.05) is 54.5 Å². The number of hydrogen-bond donors (Lipinski definition) is 2. The monoisotopic (exact) mass is 459 g/mol. The Morgan fingerprint density at radius 2 is 1.74 bits per heavy atom. The van der Waals surface area contributed by atoms with E-state index in [1.54, 1.807) is 18.3 Å². The van der Waals surface area contributed by atoms with Crippen LogP contribution in [-0.2, 0) is 11.4 Å². The van der Waals surface area contributed by atoms with Crippen molar-refractivity contribution in [2.75, 3.05) is 31.1 Å². The molecule has 174 valence electrons. The van der Waals surface area contributed by atoms with Gasteiger partial charge in [0.05, 0.1) is 0 Å². The Balaban J connectivity index is 1.34. The number of fused-ring (bicyclic) bond motifs is 1. The number of carbonyl (C=O) groups is 1. The molecule has 2 heterocycles. The average Bonchev–Trinajstić information content (AvgIpc) is 3.27. The van der Waals surface area contributed by atoms with Gasteiger partial charge in [0.15, 0.2) is 0 Å². The van der Waals surface area contributed by atoms with E-state index in [1.807, 2.05) is 53.4 Å². The van der Waals surface area contributed by atoms with Crippen molar-refractivity contribution in [3.8, 4) is 5.75 Å². The quantitative estimate of drug-likeness (QED) is 0.414. The summed E-state index contributed by atoms with van der Waals surface area (Å²) in [5.41, 5.74) is 3.61. The summed E-state index contributed by atoms with van der Waals surface area (Å²) in [4.78, 5) is 19.7. The van der Waals surface area contributed by atoms with E-state index in [9.17, 15) is 14.3 Å². The van der Waals surface area contributed by atoms with E-state index in [0.29, 0.717) is 38.5 Å². The molecule has 0 saturated carbocycles. The number of aliphatic carboxylic acids is 1. The molecule has 1 aliphatic heterocycles. The van der Waals surface area contributed by atoms with E-state index in [2.05, 4.69) is 9.88 Å². The molecule has 7 heteroatoms. The summed E-state index contributed by atoms with van der Waals surface area (Å²) in [6, 6.07) is 21.3. The summed E-state index contributed by atoms with van der Waals surface area (Å²) in [7, 11) is 0. The van der Waals surface area contributed by atoms with Crippen LogP contribution in [0, 0.1) is 5.82 Å². The van der Waals surface area contributed by atoms with Gasteiger partial charge in [-0.1, -0.05) is 30.3 Å². The second kappa shape index (κ2) is 9.57. The van der Waals surface area contributed by atoms with Crippen molar-refractivity contribution in [2.24, 2.45) is 0 Å². The highest BCUT2D eigenvalue weighted by Crippen LogP contribution is 2.32. The third-order valence-corrected chi connectivity index (χ3v) is 6.33. The van der Waals surface area contributed by atoms with Crippen molar-refractivity contribution < 1.29 is 19.0 Å². The number of halogens is 1. The lowest BCUT2D eigenvalue weighted by atomic mass is 10.0. The van der Waals surface area contributed by atoms with Crippen LogP contribution in [-0.4, -0.2) is 47.1 Å². The predicted molar refractivity (Wildman–Crippen MR) is 130 cm³/mol. The highest BCUT2D eigenvalue weighted by molar-refractivity contribution is 5.90. The molecule has 0 spiro atoms. The first kappa shape index (κ1) is 22.0. The maximum atomic E-state index is 13.3. The number of aromatic amines is 1. The first-order valence-electron chi connectivity index (χ1n) is 11.3. The second-order valence-corrected chi connectivity index (χ2v) is 8.47. The number of nitrogens with zero attached hydrogens (tertiary/aromatic N) is 2. The van der Waals surface area contributed by atoms with Crippen molar-refractivity contribution in [2.45, 2.75) is 12.6 Å². The fourth-order valence-corrected chi connectivity index (χ4v) is 4.55. The highest BCUT2D eigenvalue weighted by atomic mass is 19.1. The van der Waals surface area contributed by atoms with Crippen molar-refractivity contribution >= 4 is 22.6 Å². The summed E-state index contributed by atoms with van der Waals surface area (Å²) in [6.45, 7) is 2.96. The number of rotatable bonds is 7. The van der Waals surface area contributed by atoms with Gasteiger partial charge in [-0.2, -0.15) is 0 Å². The number of nitrogens with one attached hydrogen (secondary N) is 1. The lowest BCUT2D eigenvalue weighted by molar-refractivity contribution is -0.143. The van der Waals surface area contributed by atoms with Gasteiger partial charge in [0.1, 0.15) is 24.2 Å². The van der Waals surface area contributed by atoms with Gasteiger partial charge in [0.25, 0.3) is 0 Å². The third kappa shape index (κ3) is 4.61. The number of H-pyrrole nitrogens is 1. The molecule has 34 heavy (non-hydrogen) atoms. The zero-order valence-corrected chi connectivity index (χ0v) is 18.7. The molecule has 0 amide bonds. The van der Waals surface area contributed by atoms with Crippen LogP contribution < -0.4 is 9.64 Å². The minimum atomic E-state index is -0.883. The number of piperazine rings is 1. The largest absolute Gasteiger partial charge is 0.489 e. The lowest BCUT2D eigenvalue weighted by Gasteiger charge is -2.38. The van der Waals surface area contributed by atoms with Crippen molar-refractivity contribution in [1.82, 2.24) is 9.88 Å². The fourth-order valence-electron chi connectivity index (χ4n) is 4.55. The third-order valence-electron chi connectivity index (χ3n) is 6.33. The average molecular weight is 460 g/mol. The molecule has 0 unspecified atom stereocenters. The molecule has 0 radical (unpaired) electrons. The number of carboxylic acid groups (broad SMARTS) is 1. The number of benzene rings is 3. The Morgan fingerprint density at radius 3 is 2.44 bits per heavy atom. The molecule has 3 aromatic carbocycles. The van der Waals surface area contributed by atoms with Crippen LogP contribution in [0.3, 0.4) is 0 Å². The molecule has 1 aromatic heterocycles. The second-order valence-electron chi connectivity index (χ2n) is 8.47. The number of carboxylic acids is 1. The summed E-state index contributed by atoms with van der Waals surface area (Å²) in [6.07, 6.45) is 1.79. The zero-order valence-electron chi connectivity index (χ0n) is 18.7. The van der Waals surface area contributed by atoms with Crippen LogP contribution in [0.4, 0.5) is 10.1 Å². The van der Waals surface area contributed by atoms with Gasteiger partial charge in [0.2, 0.25) is 0 Å². The van der Waals surface area contributed by atoms with Gasteiger partial charge < -0.3 is 19.7 Å². The van der Waals surface area contributed by atoms with Gasteiger partial charge in [-0.3, -0.25) is 9.69 Å². The van der Waals surface area contributed by atoms with Crippen molar-refractivity contribution in [3.63, 3.8) is 0 Å². The van der Waals surface area contributed by atoms with Crippen LogP contribution in [0.15, 0.2) is 79.0 Å². The van der Waals surface area contributed by atoms with Crippen LogP contribution in [0.5, 0.6) is 5.75 Å². The Bertz CT molecular complexity index is 1270. The number of aromatic nitrogens is 1. The smallest absolute Gasteiger partial charge is 0.325 e. The topological polar surface area (TPSA) is 68.8 Å². The molecule has 4 aromatic rings. The minimum absolute atomic E-state index is 0.264. The van der Waals surface area contributed by atoms with E-state index in [1.165, 1.54) is 12.1 Å². The maximum absolute atomic E-state index is 13.3. The predicted octanol–water partition coefficient (Wildman–Crippen LogP) is 4.83. The highest BCUT2D eigenvalue weighted by Gasteiger charge is 2.32. The molecule has 5 rings (SSSR count). The fraction of sp³-hybridized carbons (Fsp3) is 0.222. The SMILES string of the molecule is O=C(O)[C@@H](c1c[nH]c2ccc(OCc3ccccc3)cc12)N1CCN(c2ccc(F)cc2)CC1. The zero-order chi connectivity index (χ0) is 23.5. The van der Waals surface area contributed by atoms with Crippen LogP contribution in [0.1, 0.15) is 17.2 Å².